The van der Waals surface area contributed by atoms with Crippen LogP contribution in [0.1, 0.15) is 29.5 Å². The van der Waals surface area contributed by atoms with Gasteiger partial charge in [0.15, 0.2) is 0 Å². The Bertz CT molecular complexity index is 585. The molecule has 0 aromatic heterocycles. The zero-order valence-corrected chi connectivity index (χ0v) is 15.1. The molecule has 1 aromatic rings. The summed E-state index contributed by atoms with van der Waals surface area (Å²) in [7, 11) is -3.43. The molecule has 22 heavy (non-hydrogen) atoms. The van der Waals surface area contributed by atoms with Crippen LogP contribution in [0.5, 0.6) is 0 Å². The zero-order valence-electron chi connectivity index (χ0n) is 13.5. The molecule has 1 aromatic carbocycles. The van der Waals surface area contributed by atoms with Crippen LogP contribution >= 0.6 is 11.8 Å². The number of sulfonamides is 1. The smallest absolute Gasteiger partial charge is 0.241 e. The summed E-state index contributed by atoms with van der Waals surface area (Å²) in [4.78, 5) is 0.425. The molecule has 0 unspecified atom stereocenters. The van der Waals surface area contributed by atoms with Crippen molar-refractivity contribution >= 4 is 21.8 Å². The first kappa shape index (κ1) is 17.8. The van der Waals surface area contributed by atoms with Crippen molar-refractivity contribution in [1.82, 2.24) is 4.72 Å². The van der Waals surface area contributed by atoms with Gasteiger partial charge in [0, 0.05) is 30.8 Å². The molecule has 0 aliphatic carbocycles. The van der Waals surface area contributed by atoms with Crippen molar-refractivity contribution in [3.8, 4) is 0 Å². The van der Waals surface area contributed by atoms with Gasteiger partial charge in [0.1, 0.15) is 0 Å². The second kappa shape index (κ2) is 7.81. The minimum absolute atomic E-state index is 0.425. The van der Waals surface area contributed by atoms with Gasteiger partial charge in [0.05, 0.1) is 4.90 Å². The number of thioether (sulfide) groups is 1. The quantitative estimate of drug-likeness (QED) is 0.807. The van der Waals surface area contributed by atoms with E-state index >= 15 is 0 Å². The molecule has 0 radical (unpaired) electrons. The number of ether oxygens (including phenoxy) is 1. The van der Waals surface area contributed by atoms with E-state index in [9.17, 15) is 8.42 Å². The molecule has 1 fully saturated rings. The van der Waals surface area contributed by atoms with Crippen molar-refractivity contribution < 1.29 is 13.2 Å². The van der Waals surface area contributed by atoms with Crippen LogP contribution in [-0.2, 0) is 14.8 Å². The van der Waals surface area contributed by atoms with Crippen molar-refractivity contribution in [3.05, 3.63) is 28.8 Å². The van der Waals surface area contributed by atoms with E-state index in [1.165, 1.54) is 0 Å². The highest BCUT2D eigenvalue weighted by molar-refractivity contribution is 8.00. The fraction of sp³-hybridized carbons (Fsp3) is 0.625. The standard InChI is InChI=1S/C16H25NO3S2/c1-12-10-13(2)16(14(3)11-12)22(18,19)17-6-9-21-15-4-7-20-8-5-15/h10-11,15,17H,4-9H2,1-3H3. The summed E-state index contributed by atoms with van der Waals surface area (Å²) in [6.07, 6.45) is 2.13. The van der Waals surface area contributed by atoms with Crippen molar-refractivity contribution in [3.63, 3.8) is 0 Å². The Labute approximate surface area is 138 Å². The van der Waals surface area contributed by atoms with Crippen LogP contribution < -0.4 is 4.72 Å². The molecule has 2 rings (SSSR count). The molecule has 6 heteroatoms. The van der Waals surface area contributed by atoms with Crippen LogP contribution in [-0.4, -0.2) is 39.2 Å². The third-order valence-electron chi connectivity index (χ3n) is 3.79. The molecule has 124 valence electrons. The van der Waals surface area contributed by atoms with Gasteiger partial charge in [-0.2, -0.15) is 11.8 Å². The molecule has 0 saturated carbocycles. The maximum Gasteiger partial charge on any atom is 0.241 e. The van der Waals surface area contributed by atoms with Crippen molar-refractivity contribution in [2.45, 2.75) is 43.8 Å². The first-order valence-corrected chi connectivity index (χ1v) is 10.2. The van der Waals surface area contributed by atoms with Gasteiger partial charge in [0.25, 0.3) is 0 Å². The summed E-state index contributed by atoms with van der Waals surface area (Å²) in [5, 5.41) is 0.598. The summed E-state index contributed by atoms with van der Waals surface area (Å²) in [5.74, 6) is 0.799. The van der Waals surface area contributed by atoms with Gasteiger partial charge < -0.3 is 4.74 Å². The average molecular weight is 344 g/mol. The molecule has 1 saturated heterocycles. The normalized spacial score (nSPS) is 16.9. The number of nitrogens with one attached hydrogen (secondary N) is 1. The first-order valence-electron chi connectivity index (χ1n) is 7.67. The SMILES string of the molecule is Cc1cc(C)c(S(=O)(=O)NCCSC2CCOCC2)c(C)c1. The van der Waals surface area contributed by atoms with E-state index in [1.807, 2.05) is 44.7 Å². The Morgan fingerprint density at radius 2 is 1.77 bits per heavy atom. The highest BCUT2D eigenvalue weighted by Crippen LogP contribution is 2.23. The van der Waals surface area contributed by atoms with E-state index in [0.29, 0.717) is 16.7 Å². The maximum absolute atomic E-state index is 12.5. The van der Waals surface area contributed by atoms with Gasteiger partial charge in [-0.25, -0.2) is 13.1 Å². The number of aryl methyl sites for hydroxylation is 3. The van der Waals surface area contributed by atoms with Crippen LogP contribution in [0.2, 0.25) is 0 Å². The fourth-order valence-corrected chi connectivity index (χ4v) is 5.60. The molecule has 4 nitrogen and oxygen atoms in total. The van der Waals surface area contributed by atoms with Crippen LogP contribution in [0.4, 0.5) is 0 Å². The Kier molecular flexibility index (Phi) is 6.32. The monoisotopic (exact) mass is 343 g/mol. The molecule has 1 aliphatic heterocycles. The molecule has 0 spiro atoms. The van der Waals surface area contributed by atoms with Gasteiger partial charge in [-0.05, 0) is 44.7 Å². The zero-order chi connectivity index (χ0) is 16.2. The lowest BCUT2D eigenvalue weighted by atomic mass is 10.1. The van der Waals surface area contributed by atoms with Crippen LogP contribution in [0.15, 0.2) is 17.0 Å². The predicted molar refractivity (Wildman–Crippen MR) is 92.1 cm³/mol. The molecule has 1 N–H and O–H groups in total. The number of hydrogen-bond acceptors (Lipinski definition) is 4. The number of benzene rings is 1. The molecular weight excluding hydrogens is 318 g/mol. The molecular formula is C16H25NO3S2. The lowest BCUT2D eigenvalue weighted by Crippen LogP contribution is -2.28. The average Bonchev–Trinajstić information content (AvgIpc) is 2.43. The van der Waals surface area contributed by atoms with Gasteiger partial charge >= 0.3 is 0 Å². The highest BCUT2D eigenvalue weighted by atomic mass is 32.2. The van der Waals surface area contributed by atoms with E-state index in [-0.39, 0.29) is 0 Å². The Balaban J connectivity index is 1.91. The van der Waals surface area contributed by atoms with Crippen molar-refractivity contribution in [2.24, 2.45) is 0 Å². The van der Waals surface area contributed by atoms with E-state index in [2.05, 4.69) is 4.72 Å². The second-order valence-corrected chi connectivity index (χ2v) is 8.92. The minimum Gasteiger partial charge on any atom is -0.381 e. The van der Waals surface area contributed by atoms with E-state index in [0.717, 1.165) is 48.5 Å². The summed E-state index contributed by atoms with van der Waals surface area (Å²) in [5.41, 5.74) is 2.70. The largest absolute Gasteiger partial charge is 0.381 e. The van der Waals surface area contributed by atoms with Gasteiger partial charge in [-0.15, -0.1) is 0 Å². The van der Waals surface area contributed by atoms with Gasteiger partial charge in [-0.3, -0.25) is 0 Å². The fourth-order valence-electron chi connectivity index (χ4n) is 2.91. The van der Waals surface area contributed by atoms with Crippen LogP contribution in [0.25, 0.3) is 0 Å². The summed E-state index contributed by atoms with van der Waals surface area (Å²) in [6, 6.07) is 3.83. The Hall–Kier alpha value is -0.560. The van der Waals surface area contributed by atoms with E-state index in [4.69, 9.17) is 4.74 Å². The molecule has 0 amide bonds. The number of rotatable bonds is 6. The van der Waals surface area contributed by atoms with Crippen LogP contribution in [0, 0.1) is 20.8 Å². The molecule has 0 bridgehead atoms. The molecule has 1 aliphatic rings. The van der Waals surface area contributed by atoms with Gasteiger partial charge in [0.2, 0.25) is 10.0 Å². The van der Waals surface area contributed by atoms with Crippen molar-refractivity contribution in [2.75, 3.05) is 25.5 Å². The Morgan fingerprint density at radius 1 is 1.18 bits per heavy atom. The van der Waals surface area contributed by atoms with Crippen molar-refractivity contribution in [1.29, 1.82) is 0 Å². The van der Waals surface area contributed by atoms with Crippen LogP contribution in [0.3, 0.4) is 0 Å². The maximum atomic E-state index is 12.5. The molecule has 1 heterocycles. The van der Waals surface area contributed by atoms with Gasteiger partial charge in [-0.1, -0.05) is 17.7 Å². The lowest BCUT2D eigenvalue weighted by Gasteiger charge is -2.21. The number of hydrogen-bond donors (Lipinski definition) is 1. The van der Waals surface area contributed by atoms with E-state index in [1.54, 1.807) is 0 Å². The Morgan fingerprint density at radius 3 is 2.36 bits per heavy atom. The third-order valence-corrected chi connectivity index (χ3v) is 6.94. The predicted octanol–water partition coefficient (Wildman–Crippen LogP) is 2.80. The highest BCUT2D eigenvalue weighted by Gasteiger charge is 2.20. The first-order chi connectivity index (χ1) is 10.4. The lowest BCUT2D eigenvalue weighted by molar-refractivity contribution is 0.100. The van der Waals surface area contributed by atoms with E-state index < -0.39 is 10.0 Å². The second-order valence-electron chi connectivity index (χ2n) is 5.81. The molecule has 0 atom stereocenters. The summed E-state index contributed by atoms with van der Waals surface area (Å²) < 4.78 is 33.1. The summed E-state index contributed by atoms with van der Waals surface area (Å²) in [6.45, 7) is 7.80. The summed E-state index contributed by atoms with van der Waals surface area (Å²) >= 11 is 1.84. The minimum atomic E-state index is -3.43. The third kappa shape index (κ3) is 4.72. The topological polar surface area (TPSA) is 55.4 Å².